The van der Waals surface area contributed by atoms with E-state index in [2.05, 4.69) is 21.8 Å². The van der Waals surface area contributed by atoms with Crippen molar-refractivity contribution in [1.29, 1.82) is 0 Å². The lowest BCUT2D eigenvalue weighted by atomic mass is 10.1. The Balaban J connectivity index is 1.96. The minimum Gasteiger partial charge on any atom is -0.478 e. The highest BCUT2D eigenvalue weighted by Gasteiger charge is 2.21. The summed E-state index contributed by atoms with van der Waals surface area (Å²) in [6, 6.07) is 0. The monoisotopic (exact) mass is 291 g/mol. The zero-order valence-electron chi connectivity index (χ0n) is 12.2. The van der Waals surface area contributed by atoms with Crippen LogP contribution in [0.4, 0.5) is 5.95 Å². The number of carboxylic acid groups (broad SMARTS) is 1. The first-order valence-electron chi connectivity index (χ1n) is 7.28. The van der Waals surface area contributed by atoms with E-state index in [-0.39, 0.29) is 6.10 Å². The largest absolute Gasteiger partial charge is 0.478 e. The fourth-order valence-corrected chi connectivity index (χ4v) is 2.29. The Morgan fingerprint density at radius 2 is 2.29 bits per heavy atom. The number of ether oxygens (including phenoxy) is 1. The summed E-state index contributed by atoms with van der Waals surface area (Å²) in [6.45, 7) is 4.63. The van der Waals surface area contributed by atoms with Gasteiger partial charge in [-0.2, -0.15) is 0 Å². The SMILES string of the molecule is CCCOC1CCCN(c2ncc(/C=C/C(=O)O)cn2)C1. The summed E-state index contributed by atoms with van der Waals surface area (Å²) in [5.41, 5.74) is 0.678. The third kappa shape index (κ3) is 4.82. The molecule has 1 fully saturated rings. The normalized spacial score (nSPS) is 19.1. The third-order valence-electron chi connectivity index (χ3n) is 3.30. The number of anilines is 1. The molecule has 1 N–H and O–H groups in total. The number of aromatic nitrogens is 2. The van der Waals surface area contributed by atoms with Gasteiger partial charge in [-0.25, -0.2) is 14.8 Å². The van der Waals surface area contributed by atoms with E-state index in [9.17, 15) is 4.79 Å². The van der Waals surface area contributed by atoms with Crippen LogP contribution < -0.4 is 4.90 Å². The molecule has 1 aliphatic rings. The Labute approximate surface area is 124 Å². The standard InChI is InChI=1S/C15H21N3O3/c1-2-8-21-13-4-3-7-18(11-13)15-16-9-12(10-17-15)5-6-14(19)20/h5-6,9-10,13H,2-4,7-8,11H2,1H3,(H,19,20)/b6-5+. The molecule has 1 aromatic heterocycles. The zero-order valence-corrected chi connectivity index (χ0v) is 12.2. The molecule has 2 heterocycles. The van der Waals surface area contributed by atoms with Crippen LogP contribution in [0.2, 0.25) is 0 Å². The second-order valence-electron chi connectivity index (χ2n) is 5.07. The van der Waals surface area contributed by atoms with E-state index in [4.69, 9.17) is 9.84 Å². The molecule has 0 aliphatic carbocycles. The number of carboxylic acids is 1. The van der Waals surface area contributed by atoms with Crippen LogP contribution in [0.15, 0.2) is 18.5 Å². The van der Waals surface area contributed by atoms with Crippen molar-refractivity contribution < 1.29 is 14.6 Å². The Hall–Kier alpha value is -1.95. The van der Waals surface area contributed by atoms with E-state index in [0.717, 1.165) is 45.0 Å². The number of piperidine rings is 1. The number of carbonyl (C=O) groups is 1. The average Bonchev–Trinajstić information content (AvgIpc) is 2.51. The number of rotatable bonds is 6. The summed E-state index contributed by atoms with van der Waals surface area (Å²) in [7, 11) is 0. The third-order valence-corrected chi connectivity index (χ3v) is 3.30. The molecule has 1 aromatic rings. The topological polar surface area (TPSA) is 75.5 Å². The van der Waals surface area contributed by atoms with Crippen molar-refractivity contribution in [2.75, 3.05) is 24.6 Å². The molecule has 1 unspecified atom stereocenters. The van der Waals surface area contributed by atoms with Gasteiger partial charge in [-0.05, 0) is 25.3 Å². The summed E-state index contributed by atoms with van der Waals surface area (Å²) in [4.78, 5) is 21.2. The van der Waals surface area contributed by atoms with E-state index in [1.807, 2.05) is 0 Å². The second-order valence-corrected chi connectivity index (χ2v) is 5.07. The van der Waals surface area contributed by atoms with Gasteiger partial charge in [-0.1, -0.05) is 6.92 Å². The van der Waals surface area contributed by atoms with Crippen LogP contribution in [0.5, 0.6) is 0 Å². The van der Waals surface area contributed by atoms with Crippen LogP contribution in [0.25, 0.3) is 6.08 Å². The molecule has 0 bridgehead atoms. The lowest BCUT2D eigenvalue weighted by Crippen LogP contribution is -2.40. The van der Waals surface area contributed by atoms with E-state index in [1.165, 1.54) is 6.08 Å². The summed E-state index contributed by atoms with van der Waals surface area (Å²) < 4.78 is 5.80. The lowest BCUT2D eigenvalue weighted by Gasteiger charge is -2.32. The lowest BCUT2D eigenvalue weighted by molar-refractivity contribution is -0.131. The first-order chi connectivity index (χ1) is 10.2. The van der Waals surface area contributed by atoms with Crippen molar-refractivity contribution in [1.82, 2.24) is 9.97 Å². The minimum absolute atomic E-state index is 0.244. The first-order valence-corrected chi connectivity index (χ1v) is 7.28. The van der Waals surface area contributed by atoms with Crippen LogP contribution >= 0.6 is 0 Å². The smallest absolute Gasteiger partial charge is 0.328 e. The zero-order chi connectivity index (χ0) is 15.1. The van der Waals surface area contributed by atoms with Gasteiger partial charge in [-0.15, -0.1) is 0 Å². The Morgan fingerprint density at radius 3 is 2.95 bits per heavy atom. The average molecular weight is 291 g/mol. The highest BCUT2D eigenvalue weighted by molar-refractivity contribution is 5.85. The number of hydrogen-bond donors (Lipinski definition) is 1. The van der Waals surface area contributed by atoms with Crippen molar-refractivity contribution in [3.05, 3.63) is 24.0 Å². The van der Waals surface area contributed by atoms with E-state index in [0.29, 0.717) is 11.5 Å². The molecule has 0 aromatic carbocycles. The summed E-state index contributed by atoms with van der Waals surface area (Å²) in [5, 5.41) is 8.58. The molecule has 6 nitrogen and oxygen atoms in total. The summed E-state index contributed by atoms with van der Waals surface area (Å²) >= 11 is 0. The molecule has 0 saturated carbocycles. The number of hydrogen-bond acceptors (Lipinski definition) is 5. The maximum Gasteiger partial charge on any atom is 0.328 e. The van der Waals surface area contributed by atoms with Crippen molar-refractivity contribution in [2.45, 2.75) is 32.3 Å². The van der Waals surface area contributed by atoms with Gasteiger partial charge in [0.1, 0.15) is 0 Å². The molecular formula is C15H21N3O3. The maximum absolute atomic E-state index is 10.5. The molecule has 2 rings (SSSR count). The minimum atomic E-state index is -0.981. The maximum atomic E-state index is 10.5. The van der Waals surface area contributed by atoms with Crippen LogP contribution in [0, 0.1) is 0 Å². The highest BCUT2D eigenvalue weighted by atomic mass is 16.5. The molecule has 0 spiro atoms. The van der Waals surface area contributed by atoms with Gasteiger partial charge in [0.05, 0.1) is 6.10 Å². The molecule has 114 valence electrons. The van der Waals surface area contributed by atoms with E-state index < -0.39 is 5.97 Å². The van der Waals surface area contributed by atoms with Gasteiger partial charge in [0.15, 0.2) is 0 Å². The summed E-state index contributed by atoms with van der Waals surface area (Å²) in [6.07, 6.45) is 9.25. The Morgan fingerprint density at radius 1 is 1.52 bits per heavy atom. The van der Waals surface area contributed by atoms with Gasteiger partial charge >= 0.3 is 5.97 Å². The predicted octanol–water partition coefficient (Wildman–Crippen LogP) is 1.97. The van der Waals surface area contributed by atoms with Gasteiger partial charge in [0.2, 0.25) is 5.95 Å². The predicted molar refractivity (Wildman–Crippen MR) is 80.2 cm³/mol. The highest BCUT2D eigenvalue weighted by Crippen LogP contribution is 2.18. The second kappa shape index (κ2) is 7.73. The first kappa shape index (κ1) is 15.4. The fraction of sp³-hybridized carbons (Fsp3) is 0.533. The van der Waals surface area contributed by atoms with Crippen molar-refractivity contribution in [2.24, 2.45) is 0 Å². The Bertz CT molecular complexity index is 487. The molecule has 6 heteroatoms. The van der Waals surface area contributed by atoms with Crippen molar-refractivity contribution >= 4 is 18.0 Å². The fourth-order valence-electron chi connectivity index (χ4n) is 2.29. The molecule has 1 aliphatic heterocycles. The molecule has 0 amide bonds. The molecular weight excluding hydrogens is 270 g/mol. The summed E-state index contributed by atoms with van der Waals surface area (Å²) in [5.74, 6) is -0.307. The Kier molecular flexibility index (Phi) is 5.68. The van der Waals surface area contributed by atoms with Crippen LogP contribution in [0.1, 0.15) is 31.7 Å². The van der Waals surface area contributed by atoms with Crippen LogP contribution in [0.3, 0.4) is 0 Å². The van der Waals surface area contributed by atoms with Gasteiger partial charge in [0, 0.05) is 43.7 Å². The van der Waals surface area contributed by atoms with Crippen LogP contribution in [-0.4, -0.2) is 46.8 Å². The van der Waals surface area contributed by atoms with Crippen molar-refractivity contribution in [3.63, 3.8) is 0 Å². The quantitative estimate of drug-likeness (QED) is 0.808. The van der Waals surface area contributed by atoms with E-state index in [1.54, 1.807) is 12.4 Å². The molecule has 1 saturated heterocycles. The number of nitrogens with zero attached hydrogens (tertiary/aromatic N) is 3. The molecule has 1 atom stereocenters. The molecule has 21 heavy (non-hydrogen) atoms. The number of aliphatic carboxylic acids is 1. The van der Waals surface area contributed by atoms with Gasteiger partial charge in [-0.3, -0.25) is 0 Å². The van der Waals surface area contributed by atoms with Gasteiger partial charge in [0.25, 0.3) is 0 Å². The van der Waals surface area contributed by atoms with Crippen molar-refractivity contribution in [3.8, 4) is 0 Å². The van der Waals surface area contributed by atoms with E-state index >= 15 is 0 Å². The van der Waals surface area contributed by atoms with Crippen LogP contribution in [-0.2, 0) is 9.53 Å². The van der Waals surface area contributed by atoms with Gasteiger partial charge < -0.3 is 14.7 Å². The molecule has 0 radical (unpaired) electrons.